The Hall–Kier alpha value is -2.04. The average molecular weight is 274 g/mol. The van der Waals surface area contributed by atoms with Crippen LogP contribution in [0.1, 0.15) is 18.9 Å². The molecule has 1 N–H and O–H groups in total. The fourth-order valence-electron chi connectivity index (χ4n) is 2.88. The molecule has 3 rings (SSSR count). The van der Waals surface area contributed by atoms with Crippen molar-refractivity contribution >= 4 is 23.3 Å². The van der Waals surface area contributed by atoms with E-state index in [1.807, 2.05) is 24.0 Å². The van der Waals surface area contributed by atoms with Crippen LogP contribution < -0.4 is 9.80 Å². The first kappa shape index (κ1) is 13.0. The quantitative estimate of drug-likeness (QED) is 0.907. The molecule has 20 heavy (non-hydrogen) atoms. The van der Waals surface area contributed by atoms with Crippen molar-refractivity contribution in [3.05, 3.63) is 23.8 Å². The second kappa shape index (κ2) is 4.81. The highest BCUT2D eigenvalue weighted by molar-refractivity contribution is 5.95. The van der Waals surface area contributed by atoms with Crippen molar-refractivity contribution in [2.45, 2.75) is 19.8 Å². The van der Waals surface area contributed by atoms with Gasteiger partial charge in [-0.3, -0.25) is 9.59 Å². The summed E-state index contributed by atoms with van der Waals surface area (Å²) in [6.07, 6.45) is 1.40. The number of aliphatic carboxylic acids is 1. The molecular formula is C15H18N2O3. The van der Waals surface area contributed by atoms with Crippen LogP contribution >= 0.6 is 0 Å². The molecule has 1 fully saturated rings. The number of carbonyl (C=O) groups is 2. The lowest BCUT2D eigenvalue weighted by atomic mass is 9.99. The molecule has 1 saturated heterocycles. The highest BCUT2D eigenvalue weighted by Gasteiger charge is 2.33. The Morgan fingerprint density at radius 3 is 2.75 bits per heavy atom. The van der Waals surface area contributed by atoms with Gasteiger partial charge in [-0.25, -0.2) is 0 Å². The summed E-state index contributed by atoms with van der Waals surface area (Å²) in [5.74, 6) is -0.810. The highest BCUT2D eigenvalue weighted by Crippen LogP contribution is 2.34. The standard InChI is InChI=1S/C15H18N2O3/c1-2-14(18)17-6-5-10-7-12(3-4-13(10)17)16-8-11(9-16)15(19)20/h3-4,7,11H,2,5-6,8-9H2,1H3,(H,19,20). The monoisotopic (exact) mass is 274 g/mol. The molecule has 0 aliphatic carbocycles. The van der Waals surface area contributed by atoms with Crippen molar-refractivity contribution in [2.75, 3.05) is 29.4 Å². The van der Waals surface area contributed by atoms with Gasteiger partial charge >= 0.3 is 5.97 Å². The number of fused-ring (bicyclic) bond motifs is 1. The van der Waals surface area contributed by atoms with Gasteiger partial charge in [-0.1, -0.05) is 6.92 Å². The third-order valence-corrected chi connectivity index (χ3v) is 4.16. The van der Waals surface area contributed by atoms with E-state index in [4.69, 9.17) is 5.11 Å². The molecule has 106 valence electrons. The van der Waals surface area contributed by atoms with Gasteiger partial charge in [-0.05, 0) is 30.2 Å². The summed E-state index contributed by atoms with van der Waals surface area (Å²) in [7, 11) is 0. The van der Waals surface area contributed by atoms with Gasteiger partial charge in [0.1, 0.15) is 0 Å². The Bertz CT molecular complexity index is 564. The van der Waals surface area contributed by atoms with Gasteiger partial charge < -0.3 is 14.9 Å². The number of carbonyl (C=O) groups excluding carboxylic acids is 1. The van der Waals surface area contributed by atoms with Gasteiger partial charge in [0.25, 0.3) is 0 Å². The first-order chi connectivity index (χ1) is 9.60. The van der Waals surface area contributed by atoms with Crippen molar-refractivity contribution in [2.24, 2.45) is 5.92 Å². The zero-order chi connectivity index (χ0) is 14.3. The molecule has 1 amide bonds. The van der Waals surface area contributed by atoms with Gasteiger partial charge in [0.15, 0.2) is 0 Å². The van der Waals surface area contributed by atoms with Crippen molar-refractivity contribution < 1.29 is 14.7 Å². The molecule has 1 aromatic rings. The minimum Gasteiger partial charge on any atom is -0.481 e. The lowest BCUT2D eigenvalue weighted by Gasteiger charge is -2.38. The number of carboxylic acid groups (broad SMARTS) is 1. The zero-order valence-corrected chi connectivity index (χ0v) is 11.5. The van der Waals surface area contributed by atoms with Crippen molar-refractivity contribution in [1.82, 2.24) is 0 Å². The molecule has 1 aromatic carbocycles. The summed E-state index contributed by atoms with van der Waals surface area (Å²) in [5, 5.41) is 8.90. The molecule has 0 radical (unpaired) electrons. The van der Waals surface area contributed by atoms with Crippen molar-refractivity contribution in [1.29, 1.82) is 0 Å². The number of rotatable bonds is 3. The van der Waals surface area contributed by atoms with Crippen LogP contribution in [0.3, 0.4) is 0 Å². The van der Waals surface area contributed by atoms with Gasteiger partial charge in [0.2, 0.25) is 5.91 Å². The first-order valence-electron chi connectivity index (χ1n) is 7.01. The predicted molar refractivity (Wildman–Crippen MR) is 76.1 cm³/mol. The molecule has 2 aliphatic heterocycles. The summed E-state index contributed by atoms with van der Waals surface area (Å²) in [6, 6.07) is 6.06. The maximum Gasteiger partial charge on any atom is 0.310 e. The average Bonchev–Trinajstić information content (AvgIpc) is 2.78. The van der Waals surface area contributed by atoms with Crippen molar-refractivity contribution in [3.8, 4) is 0 Å². The first-order valence-corrected chi connectivity index (χ1v) is 7.01. The normalized spacial score (nSPS) is 17.9. The number of benzene rings is 1. The molecule has 0 unspecified atom stereocenters. The highest BCUT2D eigenvalue weighted by atomic mass is 16.4. The molecule has 5 nitrogen and oxygen atoms in total. The fourth-order valence-corrected chi connectivity index (χ4v) is 2.88. The topological polar surface area (TPSA) is 60.9 Å². The van der Waals surface area contributed by atoms with Crippen LogP contribution in [-0.2, 0) is 16.0 Å². The third kappa shape index (κ3) is 2.03. The van der Waals surface area contributed by atoms with Crippen LogP contribution in [0.2, 0.25) is 0 Å². The summed E-state index contributed by atoms with van der Waals surface area (Å²) >= 11 is 0. The van der Waals surface area contributed by atoms with Crippen LogP contribution in [-0.4, -0.2) is 36.6 Å². The predicted octanol–water partition coefficient (Wildman–Crippen LogP) is 1.51. The molecule has 0 bridgehead atoms. The van der Waals surface area contributed by atoms with E-state index < -0.39 is 5.97 Å². The van der Waals surface area contributed by atoms with Crippen LogP contribution in [0.15, 0.2) is 18.2 Å². The maximum absolute atomic E-state index is 11.8. The number of amides is 1. The SMILES string of the molecule is CCC(=O)N1CCc2cc(N3CC(C(=O)O)C3)ccc21. The summed E-state index contributed by atoms with van der Waals surface area (Å²) in [4.78, 5) is 26.6. The van der Waals surface area contributed by atoms with Gasteiger partial charge in [-0.15, -0.1) is 0 Å². The van der Waals surface area contributed by atoms with E-state index in [1.165, 1.54) is 5.56 Å². The second-order valence-corrected chi connectivity index (χ2v) is 5.40. The Morgan fingerprint density at radius 1 is 1.35 bits per heavy atom. The Balaban J connectivity index is 1.76. The Kier molecular flexibility index (Phi) is 3.12. The fraction of sp³-hybridized carbons (Fsp3) is 0.467. The lowest BCUT2D eigenvalue weighted by molar-refractivity contribution is -0.142. The Morgan fingerprint density at radius 2 is 2.10 bits per heavy atom. The zero-order valence-electron chi connectivity index (χ0n) is 11.5. The maximum atomic E-state index is 11.8. The van der Waals surface area contributed by atoms with Crippen LogP contribution in [0, 0.1) is 5.92 Å². The molecule has 2 heterocycles. The van der Waals surface area contributed by atoms with E-state index in [9.17, 15) is 9.59 Å². The number of carboxylic acids is 1. The van der Waals surface area contributed by atoms with Gasteiger partial charge in [0, 0.05) is 37.4 Å². The minimum atomic E-state index is -0.720. The number of hydrogen-bond acceptors (Lipinski definition) is 3. The van der Waals surface area contributed by atoms with E-state index in [2.05, 4.69) is 11.0 Å². The molecular weight excluding hydrogens is 256 g/mol. The van der Waals surface area contributed by atoms with E-state index in [0.29, 0.717) is 19.5 Å². The smallest absolute Gasteiger partial charge is 0.310 e. The van der Waals surface area contributed by atoms with E-state index in [0.717, 1.165) is 24.3 Å². The molecule has 0 spiro atoms. The lowest BCUT2D eigenvalue weighted by Crippen LogP contribution is -2.50. The molecule has 2 aliphatic rings. The second-order valence-electron chi connectivity index (χ2n) is 5.40. The van der Waals surface area contributed by atoms with Crippen LogP contribution in [0.4, 0.5) is 11.4 Å². The third-order valence-electron chi connectivity index (χ3n) is 4.16. The molecule has 5 heteroatoms. The Labute approximate surface area is 117 Å². The van der Waals surface area contributed by atoms with E-state index in [-0.39, 0.29) is 11.8 Å². The van der Waals surface area contributed by atoms with Gasteiger partial charge in [0.05, 0.1) is 5.92 Å². The van der Waals surface area contributed by atoms with Crippen LogP contribution in [0.25, 0.3) is 0 Å². The minimum absolute atomic E-state index is 0.159. The molecule has 0 aromatic heterocycles. The summed E-state index contributed by atoms with van der Waals surface area (Å²) in [6.45, 7) is 3.78. The van der Waals surface area contributed by atoms with Gasteiger partial charge in [-0.2, -0.15) is 0 Å². The van der Waals surface area contributed by atoms with Crippen molar-refractivity contribution in [3.63, 3.8) is 0 Å². The summed E-state index contributed by atoms with van der Waals surface area (Å²) in [5.41, 5.74) is 3.26. The van der Waals surface area contributed by atoms with E-state index in [1.54, 1.807) is 0 Å². The molecule has 0 saturated carbocycles. The number of anilines is 2. The summed E-state index contributed by atoms with van der Waals surface area (Å²) < 4.78 is 0. The van der Waals surface area contributed by atoms with E-state index >= 15 is 0 Å². The number of hydrogen-bond donors (Lipinski definition) is 1. The largest absolute Gasteiger partial charge is 0.481 e. The number of nitrogens with zero attached hydrogens (tertiary/aromatic N) is 2. The molecule has 0 atom stereocenters. The van der Waals surface area contributed by atoms with Crippen LogP contribution in [0.5, 0.6) is 0 Å².